The van der Waals surface area contributed by atoms with E-state index in [-0.39, 0.29) is 5.69 Å². The Morgan fingerprint density at radius 2 is 2.27 bits per heavy atom. The highest BCUT2D eigenvalue weighted by Gasteiger charge is 2.08. The van der Waals surface area contributed by atoms with Crippen molar-refractivity contribution in [1.29, 1.82) is 0 Å². The number of carbonyl (C=O) groups excluding carboxylic acids is 1. The maximum atomic E-state index is 10.5. The Kier molecular flexibility index (Phi) is 2.51. The molecule has 0 bridgehead atoms. The molecule has 0 radical (unpaired) electrons. The number of carbonyl (C=O) groups is 1. The maximum Gasteiger partial charge on any atom is 0.171 e. The lowest BCUT2D eigenvalue weighted by atomic mass is 10.2. The molecule has 1 heterocycles. The molecule has 0 aliphatic rings. The van der Waals surface area contributed by atoms with E-state index in [4.69, 9.17) is 11.6 Å². The lowest BCUT2D eigenvalue weighted by Crippen LogP contribution is -1.98. The second kappa shape index (κ2) is 3.82. The summed E-state index contributed by atoms with van der Waals surface area (Å²) in [5, 5.41) is 8.09. The van der Waals surface area contributed by atoms with Gasteiger partial charge in [-0.25, -0.2) is 4.68 Å². The average Bonchev–Trinajstić information content (AvgIpc) is 2.66. The first-order valence-corrected chi connectivity index (χ1v) is 4.73. The normalized spacial score (nSPS) is 10.3. The predicted molar refractivity (Wildman–Crippen MR) is 56.5 cm³/mol. The van der Waals surface area contributed by atoms with Gasteiger partial charge in [0.2, 0.25) is 0 Å². The Balaban J connectivity index is 2.58. The lowest BCUT2D eigenvalue weighted by molar-refractivity contribution is 0.111. The molecule has 0 fully saturated rings. The quantitative estimate of drug-likeness (QED) is 0.730. The van der Waals surface area contributed by atoms with E-state index < -0.39 is 0 Å². The molecule has 4 nitrogen and oxygen atoms in total. The highest BCUT2D eigenvalue weighted by atomic mass is 35.5. The summed E-state index contributed by atoms with van der Waals surface area (Å²) in [6.07, 6.45) is 2.19. The van der Waals surface area contributed by atoms with Crippen molar-refractivity contribution in [3.05, 3.63) is 40.7 Å². The highest BCUT2D eigenvalue weighted by molar-refractivity contribution is 6.32. The fraction of sp³-hybridized carbons (Fsp3) is 0.100. The summed E-state index contributed by atoms with van der Waals surface area (Å²) in [6.45, 7) is 1.92. The van der Waals surface area contributed by atoms with Crippen LogP contribution in [0.2, 0.25) is 5.02 Å². The summed E-state index contributed by atoms with van der Waals surface area (Å²) in [4.78, 5) is 10.5. The number of aldehydes is 1. The van der Waals surface area contributed by atoms with Crippen molar-refractivity contribution < 1.29 is 4.79 Å². The summed E-state index contributed by atoms with van der Waals surface area (Å²) >= 11 is 6.04. The largest absolute Gasteiger partial charge is 0.296 e. The number of halogens is 1. The van der Waals surface area contributed by atoms with Gasteiger partial charge in [0.1, 0.15) is 5.69 Å². The molecule has 0 amide bonds. The molecular formula is C10H8ClN3O. The highest BCUT2D eigenvalue weighted by Crippen LogP contribution is 2.22. The zero-order valence-electron chi connectivity index (χ0n) is 8.01. The van der Waals surface area contributed by atoms with Gasteiger partial charge in [0, 0.05) is 0 Å². The van der Waals surface area contributed by atoms with E-state index in [1.165, 1.54) is 4.68 Å². The summed E-state index contributed by atoms with van der Waals surface area (Å²) in [5.74, 6) is 0. The topological polar surface area (TPSA) is 47.8 Å². The van der Waals surface area contributed by atoms with Crippen molar-refractivity contribution in [1.82, 2.24) is 15.0 Å². The van der Waals surface area contributed by atoms with E-state index in [1.54, 1.807) is 12.3 Å². The number of hydrogen-bond acceptors (Lipinski definition) is 3. The second-order valence-electron chi connectivity index (χ2n) is 3.11. The number of nitrogens with zero attached hydrogens (tertiary/aromatic N) is 3. The minimum Gasteiger partial charge on any atom is -0.296 e. The van der Waals surface area contributed by atoms with Crippen LogP contribution in [0, 0.1) is 6.92 Å². The molecule has 0 N–H and O–H groups in total. The molecule has 76 valence electrons. The van der Waals surface area contributed by atoms with Crippen molar-refractivity contribution >= 4 is 17.9 Å². The van der Waals surface area contributed by atoms with E-state index >= 15 is 0 Å². The molecule has 0 atom stereocenters. The van der Waals surface area contributed by atoms with Gasteiger partial charge in [-0.15, -0.1) is 5.10 Å². The van der Waals surface area contributed by atoms with Crippen LogP contribution in [0.3, 0.4) is 0 Å². The molecule has 0 spiro atoms. The summed E-state index contributed by atoms with van der Waals surface area (Å²) < 4.78 is 1.50. The van der Waals surface area contributed by atoms with E-state index in [2.05, 4.69) is 10.3 Å². The second-order valence-corrected chi connectivity index (χ2v) is 3.52. The molecular weight excluding hydrogens is 214 g/mol. The number of aromatic nitrogens is 3. The fourth-order valence-electron chi connectivity index (χ4n) is 1.35. The Labute approximate surface area is 91.5 Å². The first-order valence-electron chi connectivity index (χ1n) is 4.35. The van der Waals surface area contributed by atoms with E-state index in [9.17, 15) is 4.79 Å². The Morgan fingerprint density at radius 1 is 1.47 bits per heavy atom. The van der Waals surface area contributed by atoms with Crippen LogP contribution in [0.5, 0.6) is 0 Å². The molecule has 1 aromatic carbocycles. The van der Waals surface area contributed by atoms with E-state index in [1.807, 2.05) is 19.1 Å². The van der Waals surface area contributed by atoms with Crippen LogP contribution in [0.4, 0.5) is 0 Å². The SMILES string of the molecule is Cc1cccc(Cl)c1-n1cc(C=O)nn1. The zero-order chi connectivity index (χ0) is 10.8. The monoisotopic (exact) mass is 221 g/mol. The maximum absolute atomic E-state index is 10.5. The summed E-state index contributed by atoms with van der Waals surface area (Å²) in [5.41, 5.74) is 2.01. The first-order chi connectivity index (χ1) is 7.22. The molecule has 0 unspecified atom stereocenters. The lowest BCUT2D eigenvalue weighted by Gasteiger charge is -2.06. The molecule has 5 heteroatoms. The molecule has 0 saturated carbocycles. The van der Waals surface area contributed by atoms with Crippen molar-refractivity contribution in [2.45, 2.75) is 6.92 Å². The van der Waals surface area contributed by atoms with Crippen molar-refractivity contribution in [3.8, 4) is 5.69 Å². The Bertz CT molecular complexity index is 487. The molecule has 2 aromatic rings. The van der Waals surface area contributed by atoms with Crippen LogP contribution >= 0.6 is 11.6 Å². The minimum absolute atomic E-state index is 0.286. The number of aryl methyl sites for hydroxylation is 1. The summed E-state index contributed by atoms with van der Waals surface area (Å²) in [7, 11) is 0. The molecule has 1 aromatic heterocycles. The number of hydrogen-bond donors (Lipinski definition) is 0. The third kappa shape index (κ3) is 1.76. The van der Waals surface area contributed by atoms with Gasteiger partial charge in [0.05, 0.1) is 16.9 Å². The first kappa shape index (κ1) is 9.86. The van der Waals surface area contributed by atoms with Crippen molar-refractivity contribution in [2.24, 2.45) is 0 Å². The van der Waals surface area contributed by atoms with Gasteiger partial charge in [-0.1, -0.05) is 28.9 Å². The van der Waals surface area contributed by atoms with Gasteiger partial charge >= 0.3 is 0 Å². The van der Waals surface area contributed by atoms with Crippen LogP contribution < -0.4 is 0 Å². The van der Waals surface area contributed by atoms with E-state index in [0.29, 0.717) is 11.3 Å². The van der Waals surface area contributed by atoms with Gasteiger partial charge in [0.25, 0.3) is 0 Å². The molecule has 15 heavy (non-hydrogen) atoms. The van der Waals surface area contributed by atoms with Gasteiger partial charge in [-0.3, -0.25) is 4.79 Å². The van der Waals surface area contributed by atoms with Crippen LogP contribution in [0.15, 0.2) is 24.4 Å². The van der Waals surface area contributed by atoms with Gasteiger partial charge in [0.15, 0.2) is 6.29 Å². The molecule has 0 aliphatic heterocycles. The van der Waals surface area contributed by atoms with Gasteiger partial charge < -0.3 is 0 Å². The molecule has 0 saturated heterocycles. The van der Waals surface area contributed by atoms with E-state index in [0.717, 1.165) is 11.3 Å². The Morgan fingerprint density at radius 3 is 2.87 bits per heavy atom. The molecule has 0 aliphatic carbocycles. The fourth-order valence-corrected chi connectivity index (χ4v) is 1.66. The van der Waals surface area contributed by atoms with Gasteiger partial charge in [-0.2, -0.15) is 0 Å². The van der Waals surface area contributed by atoms with Crippen molar-refractivity contribution in [2.75, 3.05) is 0 Å². The Hall–Kier alpha value is -1.68. The third-order valence-corrected chi connectivity index (χ3v) is 2.35. The zero-order valence-corrected chi connectivity index (χ0v) is 8.77. The number of rotatable bonds is 2. The standard InChI is InChI=1S/C10H8ClN3O/c1-7-3-2-4-9(11)10(7)14-5-8(6-15)12-13-14/h2-6H,1H3. The average molecular weight is 222 g/mol. The van der Waals surface area contributed by atoms with Crippen LogP contribution in [0.1, 0.15) is 16.1 Å². The van der Waals surface area contributed by atoms with Crippen molar-refractivity contribution in [3.63, 3.8) is 0 Å². The van der Waals surface area contributed by atoms with Crippen LogP contribution in [-0.4, -0.2) is 21.3 Å². The van der Waals surface area contributed by atoms with Crippen LogP contribution in [0.25, 0.3) is 5.69 Å². The predicted octanol–water partition coefficient (Wildman–Crippen LogP) is 2.04. The van der Waals surface area contributed by atoms with Gasteiger partial charge in [-0.05, 0) is 18.6 Å². The minimum atomic E-state index is 0.286. The number of benzene rings is 1. The third-order valence-electron chi connectivity index (χ3n) is 2.05. The summed E-state index contributed by atoms with van der Waals surface area (Å²) in [6, 6.07) is 5.55. The van der Waals surface area contributed by atoms with Crippen LogP contribution in [-0.2, 0) is 0 Å². The number of para-hydroxylation sites is 1. The smallest absolute Gasteiger partial charge is 0.171 e. The molecule has 2 rings (SSSR count).